The molecule has 126 valence electrons. The molecule has 0 aromatic rings. The first kappa shape index (κ1) is 17.7. The predicted molar refractivity (Wildman–Crippen MR) is 88.4 cm³/mol. The number of allylic oxidation sites excluding steroid dienone is 1. The average molecular weight is 308 g/mol. The molecule has 0 unspecified atom stereocenters. The van der Waals surface area contributed by atoms with Crippen molar-refractivity contribution < 1.29 is 14.6 Å². The molecule has 0 N–H and O–H groups in total. The highest BCUT2D eigenvalue weighted by Gasteiger charge is 2.48. The molecule has 2 rings (SSSR count). The van der Waals surface area contributed by atoms with Crippen LogP contribution in [0.3, 0.4) is 0 Å². The number of hydrogen-bond donors (Lipinski definition) is 0. The Balaban J connectivity index is 1.74. The fraction of sp³-hybridized carbons (Fsp3) is 0.842. The molecule has 1 heterocycles. The van der Waals surface area contributed by atoms with Gasteiger partial charge in [0.2, 0.25) is 0 Å². The zero-order valence-corrected chi connectivity index (χ0v) is 14.5. The maximum absolute atomic E-state index is 12.0. The Labute approximate surface area is 135 Å². The third-order valence-electron chi connectivity index (χ3n) is 5.36. The van der Waals surface area contributed by atoms with Crippen LogP contribution < -0.4 is 0 Å². The largest absolute Gasteiger partial charge is 0.299 e. The van der Waals surface area contributed by atoms with Gasteiger partial charge < -0.3 is 0 Å². The molecule has 2 bridgehead atoms. The normalized spacial score (nSPS) is 35.2. The van der Waals surface area contributed by atoms with Crippen LogP contribution in [0.5, 0.6) is 0 Å². The molecule has 3 heteroatoms. The molecule has 1 saturated heterocycles. The minimum atomic E-state index is -0.436. The van der Waals surface area contributed by atoms with Gasteiger partial charge in [-0.3, -0.25) is 4.79 Å². The summed E-state index contributed by atoms with van der Waals surface area (Å²) >= 11 is 0. The summed E-state index contributed by atoms with van der Waals surface area (Å²) in [6, 6.07) is 0. The number of carbonyl (C=O) groups excluding carboxylic acids is 1. The lowest BCUT2D eigenvalue weighted by atomic mass is 9.71. The number of hydrogen-bond acceptors (Lipinski definition) is 3. The van der Waals surface area contributed by atoms with Crippen molar-refractivity contribution in [2.24, 2.45) is 11.8 Å². The quantitative estimate of drug-likeness (QED) is 0.360. The van der Waals surface area contributed by atoms with E-state index in [2.05, 4.69) is 26.0 Å². The highest BCUT2D eigenvalue weighted by molar-refractivity contribution is 5.82. The van der Waals surface area contributed by atoms with E-state index in [0.717, 1.165) is 12.8 Å². The molecule has 1 saturated carbocycles. The molecule has 3 nitrogen and oxygen atoms in total. The summed E-state index contributed by atoms with van der Waals surface area (Å²) in [6.45, 7) is 6.25. The van der Waals surface area contributed by atoms with Crippen molar-refractivity contribution in [1.29, 1.82) is 0 Å². The summed E-state index contributed by atoms with van der Waals surface area (Å²) in [6.07, 6.45) is 14.8. The number of unbranched alkanes of at least 4 members (excludes halogenated alkanes) is 6. The van der Waals surface area contributed by atoms with Crippen LogP contribution in [-0.2, 0) is 14.6 Å². The van der Waals surface area contributed by atoms with Crippen molar-refractivity contribution in [2.45, 2.75) is 90.3 Å². The molecule has 1 aliphatic carbocycles. The molecule has 1 aliphatic heterocycles. The topological polar surface area (TPSA) is 35.5 Å². The van der Waals surface area contributed by atoms with Crippen LogP contribution in [0.15, 0.2) is 12.2 Å². The molecule has 0 aromatic heterocycles. The molecule has 0 spiro atoms. The lowest BCUT2D eigenvalue weighted by Gasteiger charge is -2.45. The van der Waals surface area contributed by atoms with Gasteiger partial charge >= 0.3 is 0 Å². The molecular weight excluding hydrogens is 276 g/mol. The Bertz CT molecular complexity index is 390. The van der Waals surface area contributed by atoms with Crippen molar-refractivity contribution in [3.8, 4) is 0 Å². The smallest absolute Gasteiger partial charge is 0.138 e. The second-order valence-corrected chi connectivity index (χ2v) is 7.25. The Kier molecular flexibility index (Phi) is 6.64. The predicted octanol–water partition coefficient (Wildman–Crippen LogP) is 5.00. The first-order chi connectivity index (χ1) is 10.6. The van der Waals surface area contributed by atoms with Gasteiger partial charge in [0, 0.05) is 18.3 Å². The van der Waals surface area contributed by atoms with E-state index in [1.165, 1.54) is 38.5 Å². The van der Waals surface area contributed by atoms with E-state index < -0.39 is 5.60 Å². The van der Waals surface area contributed by atoms with Crippen LogP contribution in [0.25, 0.3) is 0 Å². The molecule has 2 fully saturated rings. The van der Waals surface area contributed by atoms with Gasteiger partial charge in [0.25, 0.3) is 0 Å². The van der Waals surface area contributed by atoms with Crippen LogP contribution >= 0.6 is 0 Å². The minimum Gasteiger partial charge on any atom is -0.299 e. The van der Waals surface area contributed by atoms with Gasteiger partial charge in [0.1, 0.15) is 17.5 Å². The first-order valence-electron chi connectivity index (χ1n) is 9.11. The third-order valence-corrected chi connectivity index (χ3v) is 5.36. The van der Waals surface area contributed by atoms with E-state index in [9.17, 15) is 4.79 Å². The monoisotopic (exact) mass is 308 g/mol. The summed E-state index contributed by atoms with van der Waals surface area (Å²) in [4.78, 5) is 23.2. The Morgan fingerprint density at radius 1 is 1.23 bits per heavy atom. The SMILES string of the molecule is CCCCCCCC/C=C/[C@@]1(C)OO[C@@H]2C[C@H]1CC(=O)[C@@H]2C. The summed E-state index contributed by atoms with van der Waals surface area (Å²) in [7, 11) is 0. The second-order valence-electron chi connectivity index (χ2n) is 7.25. The summed E-state index contributed by atoms with van der Waals surface area (Å²) in [5.41, 5.74) is -0.436. The van der Waals surface area contributed by atoms with Crippen molar-refractivity contribution in [3.63, 3.8) is 0 Å². The number of rotatable bonds is 8. The van der Waals surface area contributed by atoms with Crippen molar-refractivity contribution in [3.05, 3.63) is 12.2 Å². The lowest BCUT2D eigenvalue weighted by Crippen LogP contribution is -2.52. The molecular formula is C19H32O3. The van der Waals surface area contributed by atoms with Crippen molar-refractivity contribution in [1.82, 2.24) is 0 Å². The van der Waals surface area contributed by atoms with E-state index in [4.69, 9.17) is 9.78 Å². The van der Waals surface area contributed by atoms with Gasteiger partial charge in [-0.1, -0.05) is 58.1 Å². The zero-order chi connectivity index (χ0) is 16.0. The van der Waals surface area contributed by atoms with Gasteiger partial charge in [-0.15, -0.1) is 0 Å². The molecule has 0 amide bonds. The Morgan fingerprint density at radius 3 is 2.73 bits per heavy atom. The number of fused-ring (bicyclic) bond motifs is 2. The fourth-order valence-electron chi connectivity index (χ4n) is 3.52. The summed E-state index contributed by atoms with van der Waals surface area (Å²) < 4.78 is 0. The van der Waals surface area contributed by atoms with Gasteiger partial charge in [-0.25, -0.2) is 9.78 Å². The molecule has 22 heavy (non-hydrogen) atoms. The van der Waals surface area contributed by atoms with Gasteiger partial charge in [0.15, 0.2) is 0 Å². The highest BCUT2D eigenvalue weighted by Crippen LogP contribution is 2.42. The minimum absolute atomic E-state index is 0.0205. The number of carbonyl (C=O) groups is 1. The third kappa shape index (κ3) is 4.42. The van der Waals surface area contributed by atoms with Crippen LogP contribution in [0, 0.1) is 11.8 Å². The van der Waals surface area contributed by atoms with Crippen LogP contribution in [0.2, 0.25) is 0 Å². The maximum atomic E-state index is 12.0. The van der Waals surface area contributed by atoms with Gasteiger partial charge in [0.05, 0.1) is 0 Å². The van der Waals surface area contributed by atoms with E-state index >= 15 is 0 Å². The number of ketones is 1. The lowest BCUT2D eigenvalue weighted by molar-refractivity contribution is -0.415. The van der Waals surface area contributed by atoms with E-state index in [1.807, 2.05) is 6.92 Å². The highest BCUT2D eigenvalue weighted by atomic mass is 17.2. The average Bonchev–Trinajstić information content (AvgIpc) is 2.51. The zero-order valence-electron chi connectivity index (χ0n) is 14.5. The molecule has 0 radical (unpaired) electrons. The maximum Gasteiger partial charge on any atom is 0.138 e. The van der Waals surface area contributed by atoms with Crippen LogP contribution in [0.4, 0.5) is 0 Å². The number of Topliss-reactive ketones (excluding diaryl/α,β-unsaturated/α-hetero) is 1. The Morgan fingerprint density at radius 2 is 1.95 bits per heavy atom. The summed E-state index contributed by atoms with van der Waals surface area (Å²) in [5, 5.41) is 0. The van der Waals surface area contributed by atoms with Gasteiger partial charge in [-0.2, -0.15) is 0 Å². The molecule has 4 atom stereocenters. The second kappa shape index (κ2) is 8.26. The van der Waals surface area contributed by atoms with Crippen molar-refractivity contribution in [2.75, 3.05) is 0 Å². The fourth-order valence-corrected chi connectivity index (χ4v) is 3.52. The first-order valence-corrected chi connectivity index (χ1v) is 9.11. The molecule has 0 aromatic carbocycles. The van der Waals surface area contributed by atoms with E-state index in [0.29, 0.717) is 12.2 Å². The standard InChI is InChI=1S/C19H32O3/c1-4-5-6-7-8-9-10-11-12-19(3)16-13-17(20)15(2)18(14-16)21-22-19/h11-12,15-16,18H,4-10,13-14H2,1-3H3/b12-11+/t15-,16+,18+,19+/m0/s1. The summed E-state index contributed by atoms with van der Waals surface area (Å²) in [5.74, 6) is 0.559. The van der Waals surface area contributed by atoms with Crippen LogP contribution in [-0.4, -0.2) is 17.5 Å². The Hall–Kier alpha value is -0.670. The van der Waals surface area contributed by atoms with Crippen molar-refractivity contribution >= 4 is 5.78 Å². The van der Waals surface area contributed by atoms with Gasteiger partial charge in [-0.05, 0) is 26.2 Å². The van der Waals surface area contributed by atoms with Crippen LogP contribution in [0.1, 0.15) is 78.6 Å². The van der Waals surface area contributed by atoms with E-state index in [1.54, 1.807) is 0 Å². The van der Waals surface area contributed by atoms with E-state index in [-0.39, 0.29) is 17.9 Å². The molecule has 2 aliphatic rings.